The summed E-state index contributed by atoms with van der Waals surface area (Å²) in [5.74, 6) is 0.723. The molecule has 0 aromatic carbocycles. The largest absolute Gasteiger partial charge is 0.392 e. The van der Waals surface area contributed by atoms with E-state index in [1.165, 1.54) is 31.3 Å². The van der Waals surface area contributed by atoms with Gasteiger partial charge >= 0.3 is 0 Å². The number of hydrogen-bond donors (Lipinski definition) is 1. The third-order valence-corrected chi connectivity index (χ3v) is 2.34. The molecule has 1 saturated carbocycles. The van der Waals surface area contributed by atoms with Crippen LogP contribution in [0.5, 0.6) is 0 Å². The van der Waals surface area contributed by atoms with E-state index in [-0.39, 0.29) is 6.61 Å². The smallest absolute Gasteiger partial charge is 0.0615 e. The van der Waals surface area contributed by atoms with Crippen LogP contribution in [0, 0.1) is 5.92 Å². The maximum atomic E-state index is 8.66. The normalized spacial score (nSPS) is 31.0. The van der Waals surface area contributed by atoms with E-state index >= 15 is 0 Å². The summed E-state index contributed by atoms with van der Waals surface area (Å²) in [7, 11) is 0. The van der Waals surface area contributed by atoms with Crippen molar-refractivity contribution in [2.45, 2.75) is 32.6 Å². The molecule has 1 N–H and O–H groups in total. The van der Waals surface area contributed by atoms with E-state index in [9.17, 15) is 0 Å². The van der Waals surface area contributed by atoms with Crippen molar-refractivity contribution in [3.63, 3.8) is 0 Å². The lowest BCUT2D eigenvalue weighted by atomic mass is 9.85. The van der Waals surface area contributed by atoms with E-state index in [0.29, 0.717) is 0 Å². The summed E-state index contributed by atoms with van der Waals surface area (Å²) >= 11 is 0. The highest BCUT2D eigenvalue weighted by molar-refractivity contribution is 5.07. The second-order valence-corrected chi connectivity index (χ2v) is 3.11. The van der Waals surface area contributed by atoms with Gasteiger partial charge in [0.05, 0.1) is 6.61 Å². The number of allylic oxidation sites excluding steroid dienone is 1. The Hall–Kier alpha value is -0.300. The monoisotopic (exact) mass is 140 g/mol. The zero-order valence-electron chi connectivity index (χ0n) is 6.64. The zero-order valence-corrected chi connectivity index (χ0v) is 6.64. The first kappa shape index (κ1) is 7.80. The molecule has 0 aliphatic heterocycles. The van der Waals surface area contributed by atoms with Crippen molar-refractivity contribution in [3.05, 3.63) is 11.6 Å². The lowest BCUT2D eigenvalue weighted by Crippen LogP contribution is -2.06. The van der Waals surface area contributed by atoms with Gasteiger partial charge in [0, 0.05) is 0 Å². The van der Waals surface area contributed by atoms with E-state index in [2.05, 4.69) is 6.92 Å². The van der Waals surface area contributed by atoms with Gasteiger partial charge in [-0.2, -0.15) is 0 Å². The fourth-order valence-corrected chi connectivity index (χ4v) is 1.63. The Morgan fingerprint density at radius 2 is 2.40 bits per heavy atom. The molecule has 1 aliphatic rings. The quantitative estimate of drug-likeness (QED) is 0.553. The number of hydrogen-bond acceptors (Lipinski definition) is 1. The van der Waals surface area contributed by atoms with Gasteiger partial charge in [0.2, 0.25) is 0 Å². The average molecular weight is 140 g/mol. The molecule has 0 radical (unpaired) electrons. The lowest BCUT2D eigenvalue weighted by Gasteiger charge is -2.21. The van der Waals surface area contributed by atoms with Gasteiger partial charge in [-0.3, -0.25) is 0 Å². The van der Waals surface area contributed by atoms with E-state index in [0.717, 1.165) is 5.92 Å². The molecule has 58 valence electrons. The molecule has 0 aromatic heterocycles. The van der Waals surface area contributed by atoms with Crippen molar-refractivity contribution in [2.24, 2.45) is 5.92 Å². The summed E-state index contributed by atoms with van der Waals surface area (Å²) in [6, 6.07) is 0. The minimum Gasteiger partial charge on any atom is -0.392 e. The summed E-state index contributed by atoms with van der Waals surface area (Å²) in [6.45, 7) is 2.47. The van der Waals surface area contributed by atoms with Gasteiger partial charge < -0.3 is 5.11 Å². The molecule has 1 fully saturated rings. The molecule has 0 heterocycles. The molecule has 1 aliphatic carbocycles. The number of rotatable bonds is 1. The molecule has 1 rings (SSSR count). The van der Waals surface area contributed by atoms with Gasteiger partial charge in [0.25, 0.3) is 0 Å². The van der Waals surface area contributed by atoms with Crippen LogP contribution in [0.25, 0.3) is 0 Å². The van der Waals surface area contributed by atoms with Crippen LogP contribution in [0.3, 0.4) is 0 Å². The Kier molecular flexibility index (Phi) is 2.94. The van der Waals surface area contributed by atoms with Crippen molar-refractivity contribution in [1.29, 1.82) is 0 Å². The molecule has 0 spiro atoms. The second kappa shape index (κ2) is 3.77. The van der Waals surface area contributed by atoms with Gasteiger partial charge in [-0.05, 0) is 25.2 Å². The van der Waals surface area contributed by atoms with Crippen molar-refractivity contribution < 1.29 is 5.11 Å². The predicted octanol–water partition coefficient (Wildman–Crippen LogP) is 2.12. The number of aliphatic hydroxyl groups excluding tert-OH is 1. The molecule has 1 atom stereocenters. The average Bonchev–Trinajstić information content (AvgIpc) is 1.94. The van der Waals surface area contributed by atoms with Crippen molar-refractivity contribution in [2.75, 3.05) is 6.61 Å². The SMILES string of the molecule is C[C@H]1CCCC/C1=C\CO. The summed E-state index contributed by atoms with van der Waals surface area (Å²) in [5.41, 5.74) is 1.47. The summed E-state index contributed by atoms with van der Waals surface area (Å²) in [6.07, 6.45) is 7.18. The maximum Gasteiger partial charge on any atom is 0.0615 e. The van der Waals surface area contributed by atoms with Crippen LogP contribution in [0.1, 0.15) is 32.6 Å². The minimum absolute atomic E-state index is 0.222. The standard InChI is InChI=1S/C9H16O/c1-8-4-2-3-5-9(8)6-7-10/h6,8,10H,2-5,7H2,1H3/b9-6+/t8-/m0/s1. The molecule has 10 heavy (non-hydrogen) atoms. The van der Waals surface area contributed by atoms with Crippen LogP contribution in [-0.4, -0.2) is 11.7 Å². The highest BCUT2D eigenvalue weighted by atomic mass is 16.2. The molecule has 0 saturated heterocycles. The Bertz CT molecular complexity index is 127. The van der Waals surface area contributed by atoms with E-state index in [1.54, 1.807) is 0 Å². The summed E-state index contributed by atoms with van der Waals surface area (Å²) in [5, 5.41) is 8.66. The topological polar surface area (TPSA) is 20.2 Å². The van der Waals surface area contributed by atoms with Crippen LogP contribution >= 0.6 is 0 Å². The van der Waals surface area contributed by atoms with Crippen molar-refractivity contribution in [1.82, 2.24) is 0 Å². The van der Waals surface area contributed by atoms with Crippen LogP contribution in [0.2, 0.25) is 0 Å². The predicted molar refractivity (Wildman–Crippen MR) is 42.8 cm³/mol. The van der Waals surface area contributed by atoms with Gasteiger partial charge in [-0.25, -0.2) is 0 Å². The van der Waals surface area contributed by atoms with Gasteiger partial charge in [-0.15, -0.1) is 0 Å². The molecule has 0 amide bonds. The highest BCUT2D eigenvalue weighted by Gasteiger charge is 2.12. The highest BCUT2D eigenvalue weighted by Crippen LogP contribution is 2.28. The van der Waals surface area contributed by atoms with E-state index in [4.69, 9.17) is 5.11 Å². The third kappa shape index (κ3) is 1.84. The van der Waals surface area contributed by atoms with Crippen LogP contribution in [0.4, 0.5) is 0 Å². The van der Waals surface area contributed by atoms with E-state index in [1.807, 2.05) is 6.08 Å². The summed E-state index contributed by atoms with van der Waals surface area (Å²) < 4.78 is 0. The van der Waals surface area contributed by atoms with Crippen molar-refractivity contribution in [3.8, 4) is 0 Å². The Balaban J connectivity index is 2.47. The fraction of sp³-hybridized carbons (Fsp3) is 0.778. The first-order valence-electron chi connectivity index (χ1n) is 4.14. The Morgan fingerprint density at radius 3 is 3.00 bits per heavy atom. The summed E-state index contributed by atoms with van der Waals surface area (Å²) in [4.78, 5) is 0. The Morgan fingerprint density at radius 1 is 1.60 bits per heavy atom. The fourth-order valence-electron chi connectivity index (χ4n) is 1.63. The van der Waals surface area contributed by atoms with Crippen LogP contribution < -0.4 is 0 Å². The third-order valence-electron chi connectivity index (χ3n) is 2.34. The minimum atomic E-state index is 0.222. The van der Waals surface area contributed by atoms with Crippen LogP contribution in [-0.2, 0) is 0 Å². The molecule has 0 unspecified atom stereocenters. The first-order valence-corrected chi connectivity index (χ1v) is 4.14. The number of aliphatic hydroxyl groups is 1. The van der Waals surface area contributed by atoms with Crippen molar-refractivity contribution >= 4 is 0 Å². The molecule has 1 heteroatoms. The van der Waals surface area contributed by atoms with Gasteiger partial charge in [0.1, 0.15) is 0 Å². The second-order valence-electron chi connectivity index (χ2n) is 3.11. The lowest BCUT2D eigenvalue weighted by molar-refractivity contribution is 0.338. The molecular formula is C9H16O. The first-order chi connectivity index (χ1) is 4.84. The molecular weight excluding hydrogens is 124 g/mol. The molecule has 1 nitrogen and oxygen atoms in total. The maximum absolute atomic E-state index is 8.66. The van der Waals surface area contributed by atoms with Crippen LogP contribution in [0.15, 0.2) is 11.6 Å². The van der Waals surface area contributed by atoms with Gasteiger partial charge in [-0.1, -0.05) is 25.0 Å². The van der Waals surface area contributed by atoms with E-state index < -0.39 is 0 Å². The zero-order chi connectivity index (χ0) is 7.40. The molecule has 0 aromatic rings. The van der Waals surface area contributed by atoms with Gasteiger partial charge in [0.15, 0.2) is 0 Å². The Labute approximate surface area is 62.8 Å². The molecule has 0 bridgehead atoms.